The number of urea groups is 1. The van der Waals surface area contributed by atoms with Crippen LogP contribution in [-0.4, -0.2) is 29.0 Å². The Kier molecular flexibility index (Phi) is 5.73. The first-order valence-corrected chi connectivity index (χ1v) is 8.96. The summed E-state index contributed by atoms with van der Waals surface area (Å²) < 4.78 is 0. The molecule has 0 fully saturated rings. The van der Waals surface area contributed by atoms with Crippen molar-refractivity contribution < 1.29 is 9.59 Å². The molecule has 8 heteroatoms. The lowest BCUT2D eigenvalue weighted by Crippen LogP contribution is -2.24. The molecule has 148 valence electrons. The first kappa shape index (κ1) is 19.8. The molecule has 0 aliphatic carbocycles. The molecule has 0 spiro atoms. The molecule has 0 saturated heterocycles. The van der Waals surface area contributed by atoms with Crippen LogP contribution in [0.2, 0.25) is 0 Å². The third-order valence-electron chi connectivity index (χ3n) is 4.62. The van der Waals surface area contributed by atoms with Crippen LogP contribution in [-0.2, 0) is 0 Å². The molecule has 8 nitrogen and oxygen atoms in total. The maximum Gasteiger partial charge on any atom is 0.319 e. The fourth-order valence-corrected chi connectivity index (χ4v) is 2.95. The number of hydrogen-bond donors (Lipinski definition) is 4. The van der Waals surface area contributed by atoms with Crippen molar-refractivity contribution in [3.05, 3.63) is 65.6 Å². The van der Waals surface area contributed by atoms with Gasteiger partial charge in [0.15, 0.2) is 0 Å². The summed E-state index contributed by atoms with van der Waals surface area (Å²) in [5.41, 5.74) is 11.0. The molecular weight excluding hydrogens is 368 g/mol. The predicted molar refractivity (Wildman–Crippen MR) is 113 cm³/mol. The second-order valence-corrected chi connectivity index (χ2v) is 6.50. The molecule has 0 saturated carbocycles. The van der Waals surface area contributed by atoms with Gasteiger partial charge in [-0.15, -0.1) is 0 Å². The summed E-state index contributed by atoms with van der Waals surface area (Å²) in [6.45, 7) is 3.84. The Bertz CT molecular complexity index is 1060. The van der Waals surface area contributed by atoms with Gasteiger partial charge in [0.2, 0.25) is 5.91 Å². The van der Waals surface area contributed by atoms with Crippen LogP contribution in [0, 0.1) is 13.8 Å². The number of primary amides is 1. The number of rotatable bonds is 5. The van der Waals surface area contributed by atoms with Gasteiger partial charge in [-0.25, -0.2) is 9.78 Å². The molecule has 5 N–H and O–H groups in total. The topological polar surface area (TPSA) is 122 Å². The number of carbonyl (C=O) groups is 2. The van der Waals surface area contributed by atoms with Crippen molar-refractivity contribution in [1.82, 2.24) is 15.3 Å². The number of benzene rings is 1. The molecule has 1 aromatic carbocycles. The highest BCUT2D eigenvalue weighted by Gasteiger charge is 2.12. The van der Waals surface area contributed by atoms with Crippen LogP contribution in [0.25, 0.3) is 11.1 Å². The van der Waals surface area contributed by atoms with Crippen LogP contribution in [0.3, 0.4) is 0 Å². The Labute approximate surface area is 168 Å². The van der Waals surface area contributed by atoms with Crippen LogP contribution in [0.15, 0.2) is 48.9 Å². The minimum absolute atomic E-state index is 0.320. The van der Waals surface area contributed by atoms with E-state index in [4.69, 9.17) is 5.73 Å². The van der Waals surface area contributed by atoms with E-state index in [0.29, 0.717) is 22.8 Å². The van der Waals surface area contributed by atoms with Crippen LogP contribution in [0.1, 0.15) is 21.5 Å². The van der Waals surface area contributed by atoms with Gasteiger partial charge < -0.3 is 21.7 Å². The monoisotopic (exact) mass is 390 g/mol. The maximum atomic E-state index is 11.5. The number of aromatic nitrogens is 2. The average Bonchev–Trinajstić information content (AvgIpc) is 2.70. The minimum Gasteiger partial charge on any atom is -0.366 e. The Morgan fingerprint density at radius 2 is 1.72 bits per heavy atom. The number of anilines is 3. The van der Waals surface area contributed by atoms with E-state index >= 15 is 0 Å². The fourth-order valence-electron chi connectivity index (χ4n) is 2.95. The third kappa shape index (κ3) is 4.49. The van der Waals surface area contributed by atoms with Crippen LogP contribution < -0.4 is 21.7 Å². The molecule has 2 heterocycles. The number of nitrogens with one attached hydrogen (secondary N) is 3. The zero-order valence-corrected chi connectivity index (χ0v) is 16.4. The Morgan fingerprint density at radius 3 is 2.38 bits per heavy atom. The molecule has 3 amide bonds. The summed E-state index contributed by atoms with van der Waals surface area (Å²) in [6.07, 6.45) is 4.95. The summed E-state index contributed by atoms with van der Waals surface area (Å²) in [5, 5.41) is 8.31. The molecule has 0 radical (unpaired) electrons. The summed E-state index contributed by atoms with van der Waals surface area (Å²) in [7, 11) is 1.54. The summed E-state index contributed by atoms with van der Waals surface area (Å²) in [5.74, 6) is 0.201. The molecule has 0 aliphatic heterocycles. The SMILES string of the molecule is CNC(=O)Nc1cncc(Nc2ccc(-c3ccc(C(N)=O)c(C)c3C)cn2)c1. The Hall–Kier alpha value is -3.94. The van der Waals surface area contributed by atoms with Crippen molar-refractivity contribution in [3.8, 4) is 11.1 Å². The second kappa shape index (κ2) is 8.39. The van der Waals surface area contributed by atoms with Crippen molar-refractivity contribution in [2.24, 2.45) is 5.73 Å². The van der Waals surface area contributed by atoms with E-state index in [0.717, 1.165) is 22.3 Å². The Morgan fingerprint density at radius 1 is 0.966 bits per heavy atom. The first-order valence-electron chi connectivity index (χ1n) is 8.96. The molecule has 3 rings (SSSR count). The molecule has 29 heavy (non-hydrogen) atoms. The van der Waals surface area contributed by atoms with Gasteiger partial charge in [0.25, 0.3) is 0 Å². The van der Waals surface area contributed by atoms with Gasteiger partial charge in [0, 0.05) is 24.4 Å². The molecular formula is C21H22N6O2. The van der Waals surface area contributed by atoms with E-state index in [2.05, 4.69) is 25.9 Å². The molecule has 3 aromatic rings. The zero-order valence-electron chi connectivity index (χ0n) is 16.4. The maximum absolute atomic E-state index is 11.5. The van der Waals surface area contributed by atoms with Crippen molar-refractivity contribution in [3.63, 3.8) is 0 Å². The van der Waals surface area contributed by atoms with Gasteiger partial charge >= 0.3 is 6.03 Å². The van der Waals surface area contributed by atoms with Gasteiger partial charge in [-0.3, -0.25) is 9.78 Å². The summed E-state index contributed by atoms with van der Waals surface area (Å²) >= 11 is 0. The number of nitrogens with two attached hydrogens (primary N) is 1. The minimum atomic E-state index is -0.434. The number of pyridine rings is 2. The molecule has 2 aromatic heterocycles. The lowest BCUT2D eigenvalue weighted by atomic mass is 9.94. The molecule has 0 unspecified atom stereocenters. The van der Waals surface area contributed by atoms with Gasteiger partial charge in [-0.05, 0) is 54.8 Å². The third-order valence-corrected chi connectivity index (χ3v) is 4.62. The average molecular weight is 390 g/mol. The summed E-state index contributed by atoms with van der Waals surface area (Å²) in [6, 6.07) is 8.85. The van der Waals surface area contributed by atoms with E-state index < -0.39 is 5.91 Å². The number of hydrogen-bond acceptors (Lipinski definition) is 5. The predicted octanol–water partition coefficient (Wildman–Crippen LogP) is 3.35. The lowest BCUT2D eigenvalue weighted by molar-refractivity contribution is 0.0999. The van der Waals surface area contributed by atoms with Crippen molar-refractivity contribution in [2.75, 3.05) is 17.7 Å². The lowest BCUT2D eigenvalue weighted by Gasteiger charge is -2.13. The van der Waals surface area contributed by atoms with Crippen LogP contribution in [0.4, 0.5) is 22.0 Å². The summed E-state index contributed by atoms with van der Waals surface area (Å²) in [4.78, 5) is 31.5. The first-order chi connectivity index (χ1) is 13.9. The smallest absolute Gasteiger partial charge is 0.319 e. The van der Waals surface area contributed by atoms with E-state index in [1.165, 1.54) is 0 Å². The quantitative estimate of drug-likeness (QED) is 0.532. The standard InChI is InChI=1S/C21H22N6O2/c1-12-13(2)18(20(22)28)6-5-17(12)14-4-7-19(25-9-14)26-15-8-16(11-24-10-15)27-21(29)23-3/h4-11H,1-3H3,(H2,22,28)(H,25,26)(H2,23,27,29). The van der Waals surface area contributed by atoms with E-state index in [-0.39, 0.29) is 6.03 Å². The van der Waals surface area contributed by atoms with E-state index in [1.807, 2.05) is 32.0 Å². The Balaban J connectivity index is 1.79. The molecule has 0 atom stereocenters. The van der Waals surface area contributed by atoms with Crippen molar-refractivity contribution >= 4 is 29.1 Å². The van der Waals surface area contributed by atoms with E-state index in [1.54, 1.807) is 37.8 Å². The molecule has 0 aliphatic rings. The van der Waals surface area contributed by atoms with Crippen molar-refractivity contribution in [2.45, 2.75) is 13.8 Å². The van der Waals surface area contributed by atoms with Gasteiger partial charge in [0.1, 0.15) is 5.82 Å². The van der Waals surface area contributed by atoms with Gasteiger partial charge in [-0.2, -0.15) is 0 Å². The fraction of sp³-hybridized carbons (Fsp3) is 0.143. The highest BCUT2D eigenvalue weighted by Crippen LogP contribution is 2.28. The highest BCUT2D eigenvalue weighted by molar-refractivity contribution is 5.95. The normalized spacial score (nSPS) is 10.3. The van der Waals surface area contributed by atoms with E-state index in [9.17, 15) is 9.59 Å². The second-order valence-electron chi connectivity index (χ2n) is 6.50. The van der Waals surface area contributed by atoms with Crippen LogP contribution >= 0.6 is 0 Å². The zero-order chi connectivity index (χ0) is 21.0. The van der Waals surface area contributed by atoms with Gasteiger partial charge in [0.05, 0.1) is 23.8 Å². The number of nitrogens with zero attached hydrogens (tertiary/aromatic N) is 2. The van der Waals surface area contributed by atoms with Crippen molar-refractivity contribution in [1.29, 1.82) is 0 Å². The van der Waals surface area contributed by atoms with Crippen LogP contribution in [0.5, 0.6) is 0 Å². The largest absolute Gasteiger partial charge is 0.366 e. The van der Waals surface area contributed by atoms with Gasteiger partial charge in [-0.1, -0.05) is 6.07 Å². The number of amides is 3. The number of carbonyl (C=O) groups excluding carboxylic acids is 2. The molecule has 0 bridgehead atoms. The highest BCUT2D eigenvalue weighted by atomic mass is 16.2.